The van der Waals surface area contributed by atoms with Crippen molar-refractivity contribution in [2.24, 2.45) is 0 Å². The van der Waals surface area contributed by atoms with Gasteiger partial charge in [0.25, 0.3) is 0 Å². The zero-order valence-corrected chi connectivity index (χ0v) is 6.74. The van der Waals surface area contributed by atoms with E-state index in [2.05, 4.69) is 6.92 Å². The highest BCUT2D eigenvalue weighted by atomic mass is 31.1. The van der Waals surface area contributed by atoms with Gasteiger partial charge in [0.05, 0.1) is 7.80 Å². The Bertz CT molecular complexity index is 70.9. The fourth-order valence-corrected chi connectivity index (χ4v) is 1.37. The van der Waals surface area contributed by atoms with E-state index in [9.17, 15) is 4.57 Å². The number of hydrogen-bond acceptors (Lipinski definition) is 1. The summed E-state index contributed by atoms with van der Waals surface area (Å²) in [7, 11) is -1.16. The first-order valence-electron chi connectivity index (χ1n) is 3.26. The number of rotatable bonds is 4. The van der Waals surface area contributed by atoms with Crippen LogP contribution in [0.5, 0.6) is 0 Å². The summed E-state index contributed by atoms with van der Waals surface area (Å²) in [6.45, 7) is 3.99. The van der Waals surface area contributed by atoms with Gasteiger partial charge < -0.3 is 4.57 Å². The minimum Gasteiger partial charge on any atom is -0.327 e. The maximum atomic E-state index is 10.5. The van der Waals surface area contributed by atoms with Crippen LogP contribution in [0.4, 0.5) is 0 Å². The van der Waals surface area contributed by atoms with Gasteiger partial charge in [-0.05, 0) is 19.2 Å². The third-order valence-corrected chi connectivity index (χ3v) is 2.19. The van der Waals surface area contributed by atoms with E-state index in [1.165, 1.54) is 12.8 Å². The fourth-order valence-electron chi connectivity index (χ4n) is 0.624. The van der Waals surface area contributed by atoms with Crippen LogP contribution in [0.1, 0.15) is 26.2 Å². The van der Waals surface area contributed by atoms with Crippen molar-refractivity contribution in [3.63, 3.8) is 0 Å². The van der Waals surface area contributed by atoms with E-state index in [-0.39, 0.29) is 0 Å². The molecule has 0 fully saturated rings. The van der Waals surface area contributed by atoms with Gasteiger partial charge in [-0.1, -0.05) is 19.8 Å². The van der Waals surface area contributed by atoms with Gasteiger partial charge in [-0.3, -0.25) is 0 Å². The van der Waals surface area contributed by atoms with Gasteiger partial charge in [0.1, 0.15) is 0 Å². The molecule has 0 aliphatic carbocycles. The number of unbranched alkanes of at least 4 members (excludes halogenated alkanes) is 2. The Hall–Kier alpha value is 0.230. The lowest BCUT2D eigenvalue weighted by atomic mass is 10.3. The molecule has 0 rings (SSSR count). The summed E-state index contributed by atoms with van der Waals surface area (Å²) in [4.78, 5) is 0. The van der Waals surface area contributed by atoms with Gasteiger partial charge in [0.2, 0.25) is 0 Å². The molecule has 1 atom stereocenters. The van der Waals surface area contributed by atoms with E-state index in [0.717, 1.165) is 12.6 Å². The summed E-state index contributed by atoms with van der Waals surface area (Å²) in [5.41, 5.74) is 0. The fraction of sp³-hybridized carbons (Fsp3) is 1.00. The second-order valence-corrected chi connectivity index (χ2v) is 4.06. The van der Waals surface area contributed by atoms with Crippen LogP contribution in [-0.4, -0.2) is 12.8 Å². The van der Waals surface area contributed by atoms with E-state index < -0.39 is 7.80 Å². The Labute approximate surface area is 52.3 Å². The molecule has 0 N–H and O–H groups in total. The molecule has 0 spiro atoms. The summed E-state index contributed by atoms with van der Waals surface area (Å²) in [6.07, 6.45) is 4.59. The molecular formula is C6H15OP. The summed E-state index contributed by atoms with van der Waals surface area (Å²) in [5, 5.41) is 0. The van der Waals surface area contributed by atoms with Crippen LogP contribution in [-0.2, 0) is 4.57 Å². The molecule has 0 saturated carbocycles. The molecule has 0 saturated heterocycles. The Kier molecular flexibility index (Phi) is 5.52. The normalized spacial score (nSPS) is 13.8. The molecule has 0 radical (unpaired) electrons. The molecule has 0 amide bonds. The van der Waals surface area contributed by atoms with Gasteiger partial charge in [-0.25, -0.2) is 0 Å². The summed E-state index contributed by atoms with van der Waals surface area (Å²) >= 11 is 0. The van der Waals surface area contributed by atoms with E-state index in [0.29, 0.717) is 0 Å². The Balaban J connectivity index is 2.82. The maximum Gasteiger partial charge on any atom is 0.0732 e. The Morgan fingerprint density at radius 2 is 2.00 bits per heavy atom. The van der Waals surface area contributed by atoms with Gasteiger partial charge in [0, 0.05) is 0 Å². The molecule has 0 bridgehead atoms. The monoisotopic (exact) mass is 134 g/mol. The highest BCUT2D eigenvalue weighted by molar-refractivity contribution is 7.43. The first-order valence-corrected chi connectivity index (χ1v) is 5.38. The van der Waals surface area contributed by atoms with Gasteiger partial charge in [-0.2, -0.15) is 0 Å². The summed E-state index contributed by atoms with van der Waals surface area (Å²) in [6, 6.07) is 0. The summed E-state index contributed by atoms with van der Waals surface area (Å²) in [5.74, 6) is 0. The average molecular weight is 134 g/mol. The second kappa shape index (κ2) is 5.37. The predicted octanol–water partition coefficient (Wildman–Crippen LogP) is 2.37. The van der Waals surface area contributed by atoms with Crippen LogP contribution < -0.4 is 0 Å². The molecule has 0 heterocycles. The van der Waals surface area contributed by atoms with Crippen LogP contribution >= 0.6 is 7.80 Å². The lowest BCUT2D eigenvalue weighted by Gasteiger charge is -1.91. The van der Waals surface area contributed by atoms with Crippen molar-refractivity contribution >= 4 is 7.80 Å². The van der Waals surface area contributed by atoms with E-state index in [1.807, 2.05) is 6.66 Å². The lowest BCUT2D eigenvalue weighted by Crippen LogP contribution is -1.76. The van der Waals surface area contributed by atoms with Gasteiger partial charge >= 0.3 is 0 Å². The standard InChI is InChI=1S/C6H15OP/c1-3-4-5-6-8(2)7/h8H,3-6H2,1-2H3. The zero-order chi connectivity index (χ0) is 6.41. The van der Waals surface area contributed by atoms with Crippen molar-refractivity contribution in [2.45, 2.75) is 26.2 Å². The third-order valence-electron chi connectivity index (χ3n) is 1.13. The Morgan fingerprint density at radius 3 is 2.38 bits per heavy atom. The van der Waals surface area contributed by atoms with E-state index >= 15 is 0 Å². The van der Waals surface area contributed by atoms with Crippen molar-refractivity contribution in [1.82, 2.24) is 0 Å². The Morgan fingerprint density at radius 1 is 1.38 bits per heavy atom. The first-order chi connectivity index (χ1) is 3.77. The molecule has 50 valence electrons. The van der Waals surface area contributed by atoms with E-state index in [1.54, 1.807) is 0 Å². The number of hydrogen-bond donors (Lipinski definition) is 0. The highest BCUT2D eigenvalue weighted by Crippen LogP contribution is 2.15. The first kappa shape index (κ1) is 8.23. The van der Waals surface area contributed by atoms with Crippen molar-refractivity contribution in [3.05, 3.63) is 0 Å². The molecule has 0 aromatic rings. The molecular weight excluding hydrogens is 119 g/mol. The molecule has 2 heteroatoms. The van der Waals surface area contributed by atoms with Crippen molar-refractivity contribution in [2.75, 3.05) is 12.8 Å². The molecule has 0 aromatic carbocycles. The lowest BCUT2D eigenvalue weighted by molar-refractivity contribution is 0.588. The van der Waals surface area contributed by atoms with Crippen LogP contribution in [0.2, 0.25) is 0 Å². The van der Waals surface area contributed by atoms with E-state index in [4.69, 9.17) is 0 Å². The molecule has 1 unspecified atom stereocenters. The minimum absolute atomic E-state index is 0.957. The van der Waals surface area contributed by atoms with Crippen molar-refractivity contribution in [1.29, 1.82) is 0 Å². The molecule has 8 heavy (non-hydrogen) atoms. The second-order valence-electron chi connectivity index (χ2n) is 2.16. The third kappa shape index (κ3) is 6.23. The average Bonchev–Trinajstić information content (AvgIpc) is 1.66. The summed E-state index contributed by atoms with van der Waals surface area (Å²) < 4.78 is 10.5. The minimum atomic E-state index is -1.16. The molecule has 1 nitrogen and oxygen atoms in total. The van der Waals surface area contributed by atoms with Crippen LogP contribution in [0.25, 0.3) is 0 Å². The largest absolute Gasteiger partial charge is 0.327 e. The van der Waals surface area contributed by atoms with Crippen LogP contribution in [0.3, 0.4) is 0 Å². The smallest absolute Gasteiger partial charge is 0.0732 e. The molecule has 0 aliphatic heterocycles. The highest BCUT2D eigenvalue weighted by Gasteiger charge is 1.88. The topological polar surface area (TPSA) is 17.1 Å². The van der Waals surface area contributed by atoms with Crippen LogP contribution in [0, 0.1) is 0 Å². The van der Waals surface area contributed by atoms with Crippen LogP contribution in [0.15, 0.2) is 0 Å². The maximum absolute atomic E-state index is 10.5. The van der Waals surface area contributed by atoms with Crippen molar-refractivity contribution in [3.8, 4) is 0 Å². The van der Waals surface area contributed by atoms with Gasteiger partial charge in [-0.15, -0.1) is 0 Å². The molecule has 0 aromatic heterocycles. The zero-order valence-electron chi connectivity index (χ0n) is 5.74. The quantitative estimate of drug-likeness (QED) is 0.426. The predicted molar refractivity (Wildman–Crippen MR) is 39.3 cm³/mol. The van der Waals surface area contributed by atoms with Gasteiger partial charge in [0.15, 0.2) is 0 Å². The van der Waals surface area contributed by atoms with Crippen molar-refractivity contribution < 1.29 is 4.57 Å². The SMILES string of the molecule is CCCCC[PH](C)=O. The molecule has 0 aliphatic rings.